The number of carbonyl (C=O) groups is 1. The van der Waals surface area contributed by atoms with Crippen molar-refractivity contribution in [3.05, 3.63) is 69.7 Å². The van der Waals surface area contributed by atoms with E-state index >= 15 is 0 Å². The summed E-state index contributed by atoms with van der Waals surface area (Å²) in [5, 5.41) is 1.82. The summed E-state index contributed by atoms with van der Waals surface area (Å²) in [5.41, 5.74) is 6.89. The van der Waals surface area contributed by atoms with Gasteiger partial charge in [-0.3, -0.25) is 4.79 Å². The van der Waals surface area contributed by atoms with E-state index in [1.165, 1.54) is 0 Å². The van der Waals surface area contributed by atoms with Crippen LogP contribution in [0, 0.1) is 0 Å². The molecule has 1 heterocycles. The van der Waals surface area contributed by atoms with Crippen molar-refractivity contribution in [2.45, 2.75) is 0 Å². The molecule has 0 aliphatic heterocycles. The molecule has 2 N–H and O–H groups in total. The maximum Gasteiger partial charge on any atom is 0.254 e. The van der Waals surface area contributed by atoms with Gasteiger partial charge in [0.1, 0.15) is 11.1 Å². The predicted octanol–water partition coefficient (Wildman–Crippen LogP) is 4.07. The Balaban J connectivity index is 2.27. The normalized spacial score (nSPS) is 11.8. The van der Waals surface area contributed by atoms with Crippen molar-refractivity contribution in [3.8, 4) is 0 Å². The lowest BCUT2D eigenvalue weighted by molar-refractivity contribution is 0.0996. The number of fused-ring (bicyclic) bond motifs is 1. The monoisotopic (exact) mass is 332 g/mol. The maximum atomic E-state index is 11.6. The zero-order valence-electron chi connectivity index (χ0n) is 11.2. The number of nitrogens with zero attached hydrogens (tertiary/aromatic N) is 1. The van der Waals surface area contributed by atoms with Crippen LogP contribution < -0.4 is 11.3 Å². The Morgan fingerprint density at radius 1 is 1.00 bits per heavy atom. The molecule has 0 saturated heterocycles. The number of benzene rings is 2. The molecule has 0 saturated carbocycles. The molecule has 1 amide bonds. The molecule has 110 valence electrons. The van der Waals surface area contributed by atoms with Crippen LogP contribution in [0.2, 0.25) is 10.0 Å². The van der Waals surface area contributed by atoms with Crippen LogP contribution in [0.25, 0.3) is 11.0 Å². The van der Waals surface area contributed by atoms with Crippen LogP contribution in [-0.2, 0) is 0 Å². The molecule has 0 radical (unpaired) electrons. The predicted molar refractivity (Wildman–Crippen MR) is 86.4 cm³/mol. The first-order valence-electron chi connectivity index (χ1n) is 6.36. The molecule has 6 heteroatoms. The van der Waals surface area contributed by atoms with Gasteiger partial charge in [-0.1, -0.05) is 23.2 Å². The van der Waals surface area contributed by atoms with E-state index in [-0.39, 0.29) is 11.1 Å². The van der Waals surface area contributed by atoms with E-state index in [1.54, 1.807) is 48.5 Å². The van der Waals surface area contributed by atoms with E-state index in [0.717, 1.165) is 0 Å². The number of hydrogen-bond donors (Lipinski definition) is 1. The summed E-state index contributed by atoms with van der Waals surface area (Å²) in [5.74, 6) is -0.627. The Morgan fingerprint density at radius 3 is 2.36 bits per heavy atom. The number of carbonyl (C=O) groups excluding carboxylic acids is 1. The highest BCUT2D eigenvalue weighted by Gasteiger charge is 2.09. The van der Waals surface area contributed by atoms with Crippen LogP contribution in [0.15, 0.2) is 57.9 Å². The number of halogens is 2. The molecule has 3 aromatic rings. The van der Waals surface area contributed by atoms with Crippen molar-refractivity contribution < 1.29 is 9.21 Å². The summed E-state index contributed by atoms with van der Waals surface area (Å²) >= 11 is 11.8. The molecule has 22 heavy (non-hydrogen) atoms. The molecule has 0 fully saturated rings. The average Bonchev–Trinajstić information content (AvgIpc) is 2.49. The van der Waals surface area contributed by atoms with Gasteiger partial charge in [0.2, 0.25) is 5.55 Å². The Bertz CT molecular complexity index is 931. The van der Waals surface area contributed by atoms with Crippen molar-refractivity contribution in [1.29, 1.82) is 0 Å². The summed E-state index contributed by atoms with van der Waals surface area (Å²) in [6.45, 7) is 0. The third-order valence-corrected chi connectivity index (χ3v) is 3.52. The molecule has 0 atom stereocenters. The Kier molecular flexibility index (Phi) is 3.88. The number of hydrogen-bond acceptors (Lipinski definition) is 3. The standard InChI is InChI=1S/C16H10Cl2N2O2/c17-10-1-4-12(5-2-10)20-16-13(15(19)21)8-9-7-11(18)3-6-14(9)22-16/h1-8H,(H2,19,21). The first-order chi connectivity index (χ1) is 10.5. The molecule has 4 nitrogen and oxygen atoms in total. The highest BCUT2D eigenvalue weighted by Crippen LogP contribution is 2.20. The van der Waals surface area contributed by atoms with Gasteiger partial charge in [0, 0.05) is 15.4 Å². The third-order valence-electron chi connectivity index (χ3n) is 3.03. The fourth-order valence-corrected chi connectivity index (χ4v) is 2.30. The van der Waals surface area contributed by atoms with Crippen molar-refractivity contribution in [1.82, 2.24) is 0 Å². The second-order valence-electron chi connectivity index (χ2n) is 4.60. The van der Waals surface area contributed by atoms with Gasteiger partial charge in [-0.2, -0.15) is 0 Å². The van der Waals surface area contributed by atoms with Crippen LogP contribution in [-0.4, -0.2) is 5.91 Å². The maximum absolute atomic E-state index is 11.6. The lowest BCUT2D eigenvalue weighted by Gasteiger charge is -2.02. The molecular weight excluding hydrogens is 323 g/mol. The number of amides is 1. The number of rotatable bonds is 2. The summed E-state index contributed by atoms with van der Waals surface area (Å²) in [7, 11) is 0. The lowest BCUT2D eigenvalue weighted by Crippen LogP contribution is -2.21. The minimum absolute atomic E-state index is 0.143. The van der Waals surface area contributed by atoms with E-state index in [0.29, 0.717) is 26.7 Å². The van der Waals surface area contributed by atoms with E-state index in [1.807, 2.05) is 0 Å². The average molecular weight is 333 g/mol. The minimum Gasteiger partial charge on any atom is -0.438 e. The van der Waals surface area contributed by atoms with E-state index in [4.69, 9.17) is 33.4 Å². The summed E-state index contributed by atoms with van der Waals surface area (Å²) in [6.07, 6.45) is 0. The van der Waals surface area contributed by atoms with Crippen LogP contribution in [0.4, 0.5) is 5.69 Å². The first kappa shape index (κ1) is 14.6. The molecular formula is C16H10Cl2N2O2. The van der Waals surface area contributed by atoms with E-state index in [9.17, 15) is 4.79 Å². The molecule has 0 aliphatic carbocycles. The Hall–Kier alpha value is -2.30. The third kappa shape index (κ3) is 2.98. The van der Waals surface area contributed by atoms with Crippen molar-refractivity contribution in [2.24, 2.45) is 10.7 Å². The van der Waals surface area contributed by atoms with Gasteiger partial charge in [-0.25, -0.2) is 4.99 Å². The van der Waals surface area contributed by atoms with Gasteiger partial charge in [0.05, 0.1) is 5.69 Å². The summed E-state index contributed by atoms with van der Waals surface area (Å²) in [4.78, 5) is 16.0. The molecule has 0 aliphatic rings. The highest BCUT2D eigenvalue weighted by atomic mass is 35.5. The van der Waals surface area contributed by atoms with Gasteiger partial charge in [-0.05, 0) is 48.5 Å². The van der Waals surface area contributed by atoms with Gasteiger partial charge < -0.3 is 10.2 Å². The second-order valence-corrected chi connectivity index (χ2v) is 5.47. The smallest absolute Gasteiger partial charge is 0.254 e. The quantitative estimate of drug-likeness (QED) is 0.768. The zero-order valence-corrected chi connectivity index (χ0v) is 12.7. The SMILES string of the molecule is NC(=O)c1cc2cc(Cl)ccc2oc1=Nc1ccc(Cl)cc1. The Morgan fingerprint density at radius 2 is 1.68 bits per heavy atom. The summed E-state index contributed by atoms with van der Waals surface area (Å²) < 4.78 is 5.68. The molecule has 0 spiro atoms. The molecule has 2 aromatic carbocycles. The molecule has 1 aromatic heterocycles. The highest BCUT2D eigenvalue weighted by molar-refractivity contribution is 6.31. The van der Waals surface area contributed by atoms with E-state index < -0.39 is 5.91 Å². The van der Waals surface area contributed by atoms with Crippen LogP contribution in [0.1, 0.15) is 10.4 Å². The van der Waals surface area contributed by atoms with Crippen molar-refractivity contribution in [2.75, 3.05) is 0 Å². The van der Waals surface area contributed by atoms with Crippen LogP contribution >= 0.6 is 23.2 Å². The number of primary amides is 1. The van der Waals surface area contributed by atoms with Crippen LogP contribution in [0.5, 0.6) is 0 Å². The first-order valence-corrected chi connectivity index (χ1v) is 7.12. The fraction of sp³-hybridized carbons (Fsp3) is 0. The molecule has 3 rings (SSSR count). The van der Waals surface area contributed by atoms with Gasteiger partial charge in [-0.15, -0.1) is 0 Å². The zero-order chi connectivity index (χ0) is 15.7. The fourth-order valence-electron chi connectivity index (χ4n) is 1.99. The summed E-state index contributed by atoms with van der Waals surface area (Å²) in [6, 6.07) is 13.5. The topological polar surface area (TPSA) is 68.6 Å². The van der Waals surface area contributed by atoms with Crippen LogP contribution in [0.3, 0.4) is 0 Å². The van der Waals surface area contributed by atoms with Crippen molar-refractivity contribution >= 4 is 45.8 Å². The molecule has 0 bridgehead atoms. The van der Waals surface area contributed by atoms with Gasteiger partial charge >= 0.3 is 0 Å². The minimum atomic E-state index is -0.627. The Labute approximate surface area is 135 Å². The lowest BCUT2D eigenvalue weighted by atomic mass is 10.2. The van der Waals surface area contributed by atoms with Gasteiger partial charge in [0.25, 0.3) is 5.91 Å². The van der Waals surface area contributed by atoms with E-state index in [2.05, 4.69) is 4.99 Å². The second kappa shape index (κ2) is 5.83. The molecule has 0 unspecified atom stereocenters. The van der Waals surface area contributed by atoms with Gasteiger partial charge in [0.15, 0.2) is 0 Å². The number of nitrogens with two attached hydrogens (primary N) is 1. The van der Waals surface area contributed by atoms with Crippen molar-refractivity contribution in [3.63, 3.8) is 0 Å². The largest absolute Gasteiger partial charge is 0.438 e.